The van der Waals surface area contributed by atoms with E-state index in [4.69, 9.17) is 5.73 Å². The van der Waals surface area contributed by atoms with E-state index in [1.807, 2.05) is 18.4 Å². The second kappa shape index (κ2) is 7.76. The molecule has 0 radical (unpaired) electrons. The summed E-state index contributed by atoms with van der Waals surface area (Å²) in [5, 5.41) is 10.9. The first kappa shape index (κ1) is 24.2. The van der Waals surface area contributed by atoms with Gasteiger partial charge in [0, 0.05) is 49.4 Å². The van der Waals surface area contributed by atoms with Crippen LogP contribution in [0.3, 0.4) is 0 Å². The normalized spacial score (nSPS) is 28.9. The molecule has 35 heavy (non-hydrogen) atoms. The second-order valence-electron chi connectivity index (χ2n) is 10.5. The molecule has 4 fully saturated rings. The molecule has 1 unspecified atom stereocenters. The molecule has 1 atom stereocenters. The third kappa shape index (κ3) is 4.14. The zero-order valence-corrected chi connectivity index (χ0v) is 19.4. The first-order chi connectivity index (χ1) is 16.2. The van der Waals surface area contributed by atoms with E-state index in [1.165, 1.54) is 6.20 Å². The average Bonchev–Trinajstić information content (AvgIpc) is 3.12. The van der Waals surface area contributed by atoms with Crippen LogP contribution in [0.25, 0.3) is 11.3 Å². The van der Waals surface area contributed by atoms with Crippen LogP contribution in [-0.4, -0.2) is 55.5 Å². The summed E-state index contributed by atoms with van der Waals surface area (Å²) in [4.78, 5) is 10.6. The van der Waals surface area contributed by atoms with Crippen molar-refractivity contribution in [1.29, 1.82) is 0 Å². The Morgan fingerprint density at radius 2 is 1.74 bits per heavy atom. The lowest BCUT2D eigenvalue weighted by Gasteiger charge is -2.75. The molecule has 0 spiro atoms. The molecular formula is C23H28F5N5O2. The van der Waals surface area contributed by atoms with Crippen LogP contribution in [-0.2, 0) is 5.54 Å². The second-order valence-corrected chi connectivity index (χ2v) is 10.5. The molecule has 1 saturated heterocycles. The van der Waals surface area contributed by atoms with Crippen molar-refractivity contribution >= 4 is 5.82 Å². The molecule has 3 N–H and O–H groups in total. The van der Waals surface area contributed by atoms with Crippen molar-refractivity contribution in [2.45, 2.75) is 75.4 Å². The lowest BCUT2D eigenvalue weighted by Crippen LogP contribution is -2.79. The fourth-order valence-electron chi connectivity index (χ4n) is 5.80. The summed E-state index contributed by atoms with van der Waals surface area (Å²) in [5.41, 5.74) is 5.75. The number of anilines is 1. The van der Waals surface area contributed by atoms with Crippen molar-refractivity contribution in [2.75, 3.05) is 18.8 Å². The summed E-state index contributed by atoms with van der Waals surface area (Å²) < 4.78 is 71.4. The number of aliphatic hydroxyl groups excluding tert-OH is 1. The van der Waals surface area contributed by atoms with Crippen LogP contribution >= 0.6 is 0 Å². The number of hydrogen-bond acceptors (Lipinski definition) is 6. The first-order valence-electron chi connectivity index (χ1n) is 11.7. The number of hydrogen-bond donors (Lipinski definition) is 2. The van der Waals surface area contributed by atoms with Gasteiger partial charge in [-0.05, 0) is 31.2 Å². The number of nitrogens with two attached hydrogens (primary N) is 1. The van der Waals surface area contributed by atoms with Gasteiger partial charge in [0.1, 0.15) is 11.9 Å². The predicted molar refractivity (Wildman–Crippen MR) is 117 cm³/mol. The topological polar surface area (TPSA) is 89.4 Å². The molecule has 4 aliphatic rings. The zero-order chi connectivity index (χ0) is 25.4. The van der Waals surface area contributed by atoms with Crippen LogP contribution in [0.4, 0.5) is 27.8 Å². The van der Waals surface area contributed by atoms with Crippen molar-refractivity contribution in [1.82, 2.24) is 19.4 Å². The largest absolute Gasteiger partial charge is 0.573 e. The number of imidazole rings is 1. The number of halogens is 5. The molecule has 12 heteroatoms. The van der Waals surface area contributed by atoms with E-state index in [2.05, 4.69) is 19.6 Å². The highest BCUT2D eigenvalue weighted by Gasteiger charge is 2.72. The molecular weight excluding hydrogens is 473 g/mol. The van der Waals surface area contributed by atoms with Gasteiger partial charge in [0.25, 0.3) is 5.92 Å². The number of pyridine rings is 1. The molecule has 192 valence electrons. The fraction of sp³-hybridized carbons (Fsp3) is 0.652. The van der Waals surface area contributed by atoms with Crippen molar-refractivity contribution in [3.05, 3.63) is 24.3 Å². The van der Waals surface area contributed by atoms with E-state index in [0.29, 0.717) is 24.6 Å². The average molecular weight is 502 g/mol. The molecule has 0 amide bonds. The number of nitrogens with zero attached hydrogens (tertiary/aromatic N) is 4. The summed E-state index contributed by atoms with van der Waals surface area (Å²) >= 11 is 0. The van der Waals surface area contributed by atoms with E-state index in [1.54, 1.807) is 6.20 Å². The minimum Gasteiger partial charge on any atom is -0.402 e. The standard InChI is InChI=1S/C23H28F5N5O2/c1-13(2)17(34)19-31-15(14-7-16(18(29)30-8-14)35-23(26,27)28)9-33(19)21-10-20(11-21,12-21)32-5-3-22(24,25)4-6-32/h7-9,13,17,34H,3-6,10-12H2,1-2H3,(H2,29,30). The van der Waals surface area contributed by atoms with Gasteiger partial charge in [0.2, 0.25) is 0 Å². The highest BCUT2D eigenvalue weighted by Crippen LogP contribution is 2.69. The Labute approximate surface area is 199 Å². The number of aromatic nitrogens is 3. The summed E-state index contributed by atoms with van der Waals surface area (Å²) in [6.45, 7) is 4.42. The Bertz CT molecular complexity index is 1100. The molecule has 3 aliphatic carbocycles. The number of piperidine rings is 1. The maximum Gasteiger partial charge on any atom is 0.573 e. The van der Waals surface area contributed by atoms with Gasteiger partial charge in [-0.1, -0.05) is 13.8 Å². The van der Waals surface area contributed by atoms with Crippen molar-refractivity contribution < 1.29 is 31.8 Å². The lowest BCUT2D eigenvalue weighted by molar-refractivity contribution is -0.274. The number of nitrogen functional groups attached to an aromatic ring is 1. The maximum atomic E-state index is 13.6. The number of ether oxygens (including phenoxy) is 1. The van der Waals surface area contributed by atoms with Gasteiger partial charge in [0.15, 0.2) is 11.6 Å². The Balaban J connectivity index is 1.43. The highest BCUT2D eigenvalue weighted by atomic mass is 19.4. The van der Waals surface area contributed by atoms with Gasteiger partial charge in [-0.15, -0.1) is 13.2 Å². The van der Waals surface area contributed by atoms with Gasteiger partial charge in [-0.3, -0.25) is 4.90 Å². The first-order valence-corrected chi connectivity index (χ1v) is 11.7. The van der Waals surface area contributed by atoms with Crippen molar-refractivity contribution in [2.24, 2.45) is 5.92 Å². The van der Waals surface area contributed by atoms with Crippen LogP contribution in [0.15, 0.2) is 18.5 Å². The SMILES string of the molecule is CC(C)C(O)c1nc(-c2cnc(N)c(OC(F)(F)F)c2)cn1C12CC(N3CCC(F)(F)CC3)(C1)C2. The molecule has 7 nitrogen and oxygen atoms in total. The van der Waals surface area contributed by atoms with E-state index in [0.717, 1.165) is 25.3 Å². The summed E-state index contributed by atoms with van der Waals surface area (Å²) in [6, 6.07) is 1.13. The number of aliphatic hydroxyl groups is 1. The molecule has 2 bridgehead atoms. The number of rotatable bonds is 6. The molecule has 2 aromatic rings. The molecule has 1 aliphatic heterocycles. The van der Waals surface area contributed by atoms with Crippen LogP contribution < -0.4 is 10.5 Å². The molecule has 2 aromatic heterocycles. The Kier molecular flexibility index (Phi) is 5.37. The van der Waals surface area contributed by atoms with E-state index in [9.17, 15) is 27.1 Å². The van der Waals surface area contributed by atoms with E-state index in [-0.39, 0.29) is 35.4 Å². The Hall–Kier alpha value is -2.47. The maximum absolute atomic E-state index is 13.6. The van der Waals surface area contributed by atoms with E-state index < -0.39 is 30.0 Å². The fourth-order valence-corrected chi connectivity index (χ4v) is 5.80. The van der Waals surface area contributed by atoms with Gasteiger partial charge >= 0.3 is 6.36 Å². The predicted octanol–water partition coefficient (Wildman–Crippen LogP) is 4.48. The third-order valence-corrected chi connectivity index (χ3v) is 7.68. The Morgan fingerprint density at radius 3 is 2.31 bits per heavy atom. The van der Waals surface area contributed by atoms with Gasteiger partial charge < -0.3 is 20.1 Å². The summed E-state index contributed by atoms with van der Waals surface area (Å²) in [5.74, 6) is -3.36. The minimum atomic E-state index is -4.93. The molecule has 6 rings (SSSR count). The van der Waals surface area contributed by atoms with Crippen LogP contribution in [0.2, 0.25) is 0 Å². The van der Waals surface area contributed by atoms with E-state index >= 15 is 0 Å². The van der Waals surface area contributed by atoms with Gasteiger partial charge in [0.05, 0.1) is 11.2 Å². The monoisotopic (exact) mass is 501 g/mol. The molecule has 3 saturated carbocycles. The van der Waals surface area contributed by atoms with Crippen LogP contribution in [0.1, 0.15) is 57.9 Å². The van der Waals surface area contributed by atoms with Crippen LogP contribution in [0.5, 0.6) is 5.75 Å². The van der Waals surface area contributed by atoms with Crippen molar-refractivity contribution in [3.8, 4) is 17.0 Å². The lowest BCUT2D eigenvalue weighted by atomic mass is 9.43. The Morgan fingerprint density at radius 1 is 1.11 bits per heavy atom. The van der Waals surface area contributed by atoms with Gasteiger partial charge in [-0.2, -0.15) is 0 Å². The van der Waals surface area contributed by atoms with Gasteiger partial charge in [-0.25, -0.2) is 18.7 Å². The molecule has 3 heterocycles. The van der Waals surface area contributed by atoms with Crippen LogP contribution in [0, 0.1) is 5.92 Å². The molecule has 0 aromatic carbocycles. The number of likely N-dealkylation sites (tertiary alicyclic amines) is 1. The summed E-state index contributed by atoms with van der Waals surface area (Å²) in [6.07, 6.45) is -0.805. The highest BCUT2D eigenvalue weighted by molar-refractivity contribution is 5.64. The smallest absolute Gasteiger partial charge is 0.402 e. The third-order valence-electron chi connectivity index (χ3n) is 7.68. The number of alkyl halides is 5. The quantitative estimate of drug-likeness (QED) is 0.568. The van der Waals surface area contributed by atoms with Crippen molar-refractivity contribution in [3.63, 3.8) is 0 Å². The zero-order valence-electron chi connectivity index (χ0n) is 19.4. The minimum absolute atomic E-state index is 0.114. The summed E-state index contributed by atoms with van der Waals surface area (Å²) in [7, 11) is 0.